The molecular formula is C13H19Cl2NS. The summed E-state index contributed by atoms with van der Waals surface area (Å²) in [6.45, 7) is 5.60. The van der Waals surface area contributed by atoms with Gasteiger partial charge < -0.3 is 5.32 Å². The van der Waals surface area contributed by atoms with Crippen LogP contribution in [0, 0.1) is 5.41 Å². The van der Waals surface area contributed by atoms with Crippen LogP contribution in [0.1, 0.15) is 51.1 Å². The molecule has 2 rings (SSSR count). The Kier molecular flexibility index (Phi) is 4.40. The molecule has 1 N–H and O–H groups in total. The molecule has 0 saturated heterocycles. The first-order valence-electron chi connectivity index (χ1n) is 6.18. The van der Waals surface area contributed by atoms with Crippen molar-refractivity contribution in [2.75, 3.05) is 6.54 Å². The van der Waals surface area contributed by atoms with E-state index in [1.807, 2.05) is 6.07 Å². The van der Waals surface area contributed by atoms with Gasteiger partial charge in [0.05, 0.1) is 8.67 Å². The lowest BCUT2D eigenvalue weighted by Crippen LogP contribution is -2.31. The molecule has 1 nitrogen and oxygen atoms in total. The van der Waals surface area contributed by atoms with Crippen LogP contribution in [0.15, 0.2) is 6.07 Å². The number of rotatable bonds is 4. The number of nitrogens with one attached hydrogen (secondary N) is 1. The Labute approximate surface area is 118 Å². The normalized spacial score (nSPS) is 20.7. The highest BCUT2D eigenvalue weighted by molar-refractivity contribution is 7.20. The molecule has 1 aromatic rings. The summed E-state index contributed by atoms with van der Waals surface area (Å²) in [6.07, 6.45) is 5.42. The average Bonchev–Trinajstić information content (AvgIpc) is 2.83. The Morgan fingerprint density at radius 1 is 1.41 bits per heavy atom. The third kappa shape index (κ3) is 3.37. The molecule has 1 unspecified atom stereocenters. The number of hydrogen-bond acceptors (Lipinski definition) is 2. The third-order valence-electron chi connectivity index (χ3n) is 3.80. The molecule has 4 heteroatoms. The van der Waals surface area contributed by atoms with E-state index >= 15 is 0 Å². The van der Waals surface area contributed by atoms with Gasteiger partial charge in [-0.15, -0.1) is 11.3 Å². The van der Waals surface area contributed by atoms with Crippen LogP contribution in [-0.4, -0.2) is 6.54 Å². The minimum Gasteiger partial charge on any atom is -0.310 e. The number of hydrogen-bond donors (Lipinski definition) is 1. The summed E-state index contributed by atoms with van der Waals surface area (Å²) in [4.78, 5) is 0. The maximum Gasteiger partial charge on any atom is 0.0991 e. The molecule has 0 bridgehead atoms. The van der Waals surface area contributed by atoms with Gasteiger partial charge in [0, 0.05) is 12.6 Å². The summed E-state index contributed by atoms with van der Waals surface area (Å²) in [5.74, 6) is 0. The molecule has 0 amide bonds. The van der Waals surface area contributed by atoms with Crippen LogP contribution >= 0.6 is 34.5 Å². The summed E-state index contributed by atoms with van der Waals surface area (Å²) in [6, 6.07) is 2.26. The zero-order chi connectivity index (χ0) is 12.5. The van der Waals surface area contributed by atoms with Gasteiger partial charge in [-0.2, -0.15) is 0 Å². The quantitative estimate of drug-likeness (QED) is 0.795. The highest BCUT2D eigenvalue weighted by atomic mass is 35.5. The Balaban J connectivity index is 1.93. The molecule has 0 aliphatic heterocycles. The highest BCUT2D eigenvalue weighted by Crippen LogP contribution is 2.38. The Hall–Kier alpha value is 0.240. The molecular weight excluding hydrogens is 273 g/mol. The van der Waals surface area contributed by atoms with Gasteiger partial charge in [0.2, 0.25) is 0 Å². The summed E-state index contributed by atoms with van der Waals surface area (Å²) >= 11 is 13.6. The maximum absolute atomic E-state index is 6.16. The Morgan fingerprint density at radius 3 is 2.59 bits per heavy atom. The molecule has 96 valence electrons. The van der Waals surface area contributed by atoms with E-state index in [1.165, 1.54) is 37.0 Å². The van der Waals surface area contributed by atoms with E-state index in [4.69, 9.17) is 23.2 Å². The topological polar surface area (TPSA) is 12.0 Å². The van der Waals surface area contributed by atoms with Gasteiger partial charge in [-0.1, -0.05) is 43.0 Å². The van der Waals surface area contributed by atoms with Crippen molar-refractivity contribution in [3.05, 3.63) is 20.3 Å². The van der Waals surface area contributed by atoms with E-state index in [2.05, 4.69) is 19.2 Å². The Bertz CT molecular complexity index is 383. The van der Waals surface area contributed by atoms with E-state index in [-0.39, 0.29) is 6.04 Å². The van der Waals surface area contributed by atoms with Crippen LogP contribution in [-0.2, 0) is 0 Å². The molecule has 1 saturated carbocycles. The SMILES string of the molecule is CC(NCC1(C)CCCC1)c1cc(Cl)sc1Cl. The zero-order valence-electron chi connectivity index (χ0n) is 10.4. The van der Waals surface area contributed by atoms with E-state index in [0.717, 1.165) is 20.8 Å². The van der Waals surface area contributed by atoms with Gasteiger partial charge in [-0.25, -0.2) is 0 Å². The molecule has 0 radical (unpaired) electrons. The van der Waals surface area contributed by atoms with Crippen molar-refractivity contribution in [3.63, 3.8) is 0 Å². The summed E-state index contributed by atoms with van der Waals surface area (Å²) < 4.78 is 1.58. The van der Waals surface area contributed by atoms with Crippen molar-refractivity contribution in [1.29, 1.82) is 0 Å². The second-order valence-corrected chi connectivity index (χ2v) is 7.69. The summed E-state index contributed by atoms with van der Waals surface area (Å²) in [5, 5.41) is 3.60. The fourth-order valence-corrected chi connectivity index (χ4v) is 4.21. The highest BCUT2D eigenvalue weighted by Gasteiger charge is 2.29. The summed E-state index contributed by atoms with van der Waals surface area (Å²) in [5.41, 5.74) is 1.60. The first-order chi connectivity index (χ1) is 8.00. The fourth-order valence-electron chi connectivity index (χ4n) is 2.56. The van der Waals surface area contributed by atoms with Gasteiger partial charge in [0.25, 0.3) is 0 Å². The first kappa shape index (κ1) is 13.7. The van der Waals surface area contributed by atoms with Crippen LogP contribution < -0.4 is 5.32 Å². The van der Waals surface area contributed by atoms with E-state index < -0.39 is 0 Å². The van der Waals surface area contributed by atoms with E-state index in [1.54, 1.807) is 0 Å². The lowest BCUT2D eigenvalue weighted by Gasteiger charge is -2.26. The van der Waals surface area contributed by atoms with E-state index in [9.17, 15) is 0 Å². The predicted molar refractivity (Wildman–Crippen MR) is 77.3 cm³/mol. The molecule has 0 aromatic carbocycles. The van der Waals surface area contributed by atoms with Gasteiger partial charge in [0.1, 0.15) is 0 Å². The molecule has 1 aliphatic carbocycles. The fraction of sp³-hybridized carbons (Fsp3) is 0.692. The first-order valence-corrected chi connectivity index (χ1v) is 7.75. The smallest absolute Gasteiger partial charge is 0.0991 e. The minimum atomic E-state index is 0.281. The second kappa shape index (κ2) is 5.48. The van der Waals surface area contributed by atoms with Crippen LogP contribution in [0.2, 0.25) is 8.67 Å². The van der Waals surface area contributed by atoms with Crippen molar-refractivity contribution in [3.8, 4) is 0 Å². The Morgan fingerprint density at radius 2 is 2.06 bits per heavy atom. The molecule has 1 aliphatic rings. The maximum atomic E-state index is 6.16. The summed E-state index contributed by atoms with van der Waals surface area (Å²) in [7, 11) is 0. The minimum absolute atomic E-state index is 0.281. The van der Waals surface area contributed by atoms with Crippen LogP contribution in [0.4, 0.5) is 0 Å². The standard InChI is InChI=1S/C13H19Cl2NS/c1-9(10-7-11(14)17-12(10)15)16-8-13(2)5-3-4-6-13/h7,9,16H,3-6,8H2,1-2H3. The second-order valence-electron chi connectivity index (χ2n) is 5.40. The van der Waals surface area contributed by atoms with Gasteiger partial charge >= 0.3 is 0 Å². The number of thiophene rings is 1. The van der Waals surface area contributed by atoms with Crippen LogP contribution in [0.3, 0.4) is 0 Å². The lowest BCUT2D eigenvalue weighted by atomic mass is 9.88. The van der Waals surface area contributed by atoms with Crippen molar-refractivity contribution in [2.45, 2.75) is 45.6 Å². The average molecular weight is 292 g/mol. The lowest BCUT2D eigenvalue weighted by molar-refractivity contribution is 0.302. The van der Waals surface area contributed by atoms with Crippen LogP contribution in [0.25, 0.3) is 0 Å². The van der Waals surface area contributed by atoms with Gasteiger partial charge in [-0.3, -0.25) is 0 Å². The van der Waals surface area contributed by atoms with E-state index in [0.29, 0.717) is 5.41 Å². The van der Waals surface area contributed by atoms with Crippen LogP contribution in [0.5, 0.6) is 0 Å². The van der Waals surface area contributed by atoms with Crippen molar-refractivity contribution < 1.29 is 0 Å². The largest absolute Gasteiger partial charge is 0.310 e. The van der Waals surface area contributed by atoms with Crippen molar-refractivity contribution in [2.24, 2.45) is 5.41 Å². The molecule has 1 fully saturated rings. The molecule has 1 atom stereocenters. The van der Waals surface area contributed by atoms with Crippen molar-refractivity contribution in [1.82, 2.24) is 5.32 Å². The molecule has 1 aromatic heterocycles. The third-order valence-corrected chi connectivity index (χ3v) is 5.31. The monoisotopic (exact) mass is 291 g/mol. The molecule has 1 heterocycles. The predicted octanol–water partition coefficient (Wildman–Crippen LogP) is 5.29. The zero-order valence-corrected chi connectivity index (χ0v) is 12.7. The van der Waals surface area contributed by atoms with Gasteiger partial charge in [0.15, 0.2) is 0 Å². The van der Waals surface area contributed by atoms with Crippen molar-refractivity contribution >= 4 is 34.5 Å². The molecule has 17 heavy (non-hydrogen) atoms. The number of halogens is 2. The van der Waals surface area contributed by atoms with Gasteiger partial charge in [-0.05, 0) is 36.8 Å². The molecule has 0 spiro atoms.